The van der Waals surface area contributed by atoms with E-state index in [4.69, 9.17) is 0 Å². The van der Waals surface area contributed by atoms with Crippen LogP contribution in [0, 0.1) is 5.92 Å². The van der Waals surface area contributed by atoms with Crippen molar-refractivity contribution in [2.75, 3.05) is 13.1 Å². The van der Waals surface area contributed by atoms with Gasteiger partial charge in [-0.05, 0) is 38.1 Å². The second-order valence-electron chi connectivity index (χ2n) is 5.42. The summed E-state index contributed by atoms with van der Waals surface area (Å²) in [6, 6.07) is 1.54. The molecule has 15 heavy (non-hydrogen) atoms. The molecule has 0 aromatic rings. The summed E-state index contributed by atoms with van der Waals surface area (Å²) in [6.45, 7) is 4.83. The van der Waals surface area contributed by atoms with Gasteiger partial charge in [-0.2, -0.15) is 0 Å². The van der Waals surface area contributed by atoms with E-state index in [1.807, 2.05) is 0 Å². The Morgan fingerprint density at radius 1 is 1.07 bits per heavy atom. The molecule has 3 atom stereocenters. The van der Waals surface area contributed by atoms with Crippen LogP contribution in [0.15, 0.2) is 0 Å². The Balaban J connectivity index is 1.67. The highest BCUT2D eigenvalue weighted by Gasteiger charge is 2.22. The van der Waals surface area contributed by atoms with Crippen LogP contribution >= 0.6 is 0 Å². The maximum Gasteiger partial charge on any atom is 0.0192 e. The van der Waals surface area contributed by atoms with Crippen LogP contribution in [-0.4, -0.2) is 25.2 Å². The average molecular weight is 210 g/mol. The van der Waals surface area contributed by atoms with Crippen molar-refractivity contribution in [2.45, 2.75) is 64.0 Å². The molecule has 88 valence electrons. The maximum absolute atomic E-state index is 3.78. The Bertz CT molecular complexity index is 175. The first kappa shape index (κ1) is 11.4. The minimum atomic E-state index is 0.743. The average Bonchev–Trinajstić information content (AvgIpc) is 2.29. The number of rotatable bonds is 3. The van der Waals surface area contributed by atoms with Crippen molar-refractivity contribution in [2.24, 2.45) is 5.92 Å². The molecule has 1 saturated carbocycles. The van der Waals surface area contributed by atoms with Gasteiger partial charge < -0.3 is 10.6 Å². The van der Waals surface area contributed by atoms with E-state index in [0.717, 1.165) is 18.0 Å². The van der Waals surface area contributed by atoms with Gasteiger partial charge in [-0.3, -0.25) is 0 Å². The Morgan fingerprint density at radius 2 is 1.87 bits per heavy atom. The fourth-order valence-electron chi connectivity index (χ4n) is 3.01. The first-order valence-corrected chi connectivity index (χ1v) is 6.83. The molecule has 2 nitrogen and oxygen atoms in total. The third-order valence-electron chi connectivity index (χ3n) is 4.15. The molecule has 0 bridgehead atoms. The molecular formula is C13H26N2. The number of hydrogen-bond donors (Lipinski definition) is 2. The molecule has 2 rings (SSSR count). The van der Waals surface area contributed by atoms with Crippen molar-refractivity contribution >= 4 is 0 Å². The molecule has 2 heteroatoms. The SMILES string of the molecule is CC1CCCCC1NCC1CCCCN1. The van der Waals surface area contributed by atoms with Gasteiger partial charge in [0.15, 0.2) is 0 Å². The van der Waals surface area contributed by atoms with Gasteiger partial charge in [0.25, 0.3) is 0 Å². The number of nitrogens with one attached hydrogen (secondary N) is 2. The van der Waals surface area contributed by atoms with Crippen molar-refractivity contribution in [1.82, 2.24) is 10.6 Å². The molecule has 1 aliphatic carbocycles. The van der Waals surface area contributed by atoms with Crippen LogP contribution in [0.2, 0.25) is 0 Å². The Labute approximate surface area is 94.2 Å². The molecule has 0 aromatic heterocycles. The summed E-state index contributed by atoms with van der Waals surface area (Å²) in [5.74, 6) is 0.891. The minimum absolute atomic E-state index is 0.743. The van der Waals surface area contributed by atoms with E-state index in [2.05, 4.69) is 17.6 Å². The van der Waals surface area contributed by atoms with E-state index in [-0.39, 0.29) is 0 Å². The zero-order chi connectivity index (χ0) is 10.5. The molecule has 0 radical (unpaired) electrons. The summed E-state index contributed by atoms with van der Waals surface area (Å²) < 4.78 is 0. The quantitative estimate of drug-likeness (QED) is 0.747. The van der Waals surface area contributed by atoms with Crippen molar-refractivity contribution < 1.29 is 0 Å². The van der Waals surface area contributed by atoms with Crippen LogP contribution in [-0.2, 0) is 0 Å². The van der Waals surface area contributed by atoms with Gasteiger partial charge >= 0.3 is 0 Å². The molecule has 2 N–H and O–H groups in total. The number of piperidine rings is 1. The largest absolute Gasteiger partial charge is 0.313 e. The Hall–Kier alpha value is -0.0800. The fourth-order valence-corrected chi connectivity index (χ4v) is 3.01. The molecule has 2 fully saturated rings. The second kappa shape index (κ2) is 5.86. The van der Waals surface area contributed by atoms with Gasteiger partial charge in [-0.15, -0.1) is 0 Å². The molecule has 0 spiro atoms. The van der Waals surface area contributed by atoms with E-state index in [0.29, 0.717) is 0 Å². The van der Waals surface area contributed by atoms with Gasteiger partial charge in [0, 0.05) is 18.6 Å². The third-order valence-corrected chi connectivity index (χ3v) is 4.15. The standard InChI is InChI=1S/C13H26N2/c1-11-6-2-3-8-13(11)15-10-12-7-4-5-9-14-12/h11-15H,2-10H2,1H3. The Morgan fingerprint density at radius 3 is 2.60 bits per heavy atom. The lowest BCUT2D eigenvalue weighted by atomic mass is 9.86. The van der Waals surface area contributed by atoms with E-state index in [9.17, 15) is 0 Å². The lowest BCUT2D eigenvalue weighted by Gasteiger charge is -2.32. The zero-order valence-electron chi connectivity index (χ0n) is 10.1. The third kappa shape index (κ3) is 3.46. The summed E-state index contributed by atoms with van der Waals surface area (Å²) >= 11 is 0. The summed E-state index contributed by atoms with van der Waals surface area (Å²) in [4.78, 5) is 0. The molecule has 1 heterocycles. The van der Waals surface area contributed by atoms with Crippen LogP contribution < -0.4 is 10.6 Å². The van der Waals surface area contributed by atoms with E-state index in [1.165, 1.54) is 58.0 Å². The summed E-state index contributed by atoms with van der Waals surface area (Å²) in [5, 5.41) is 7.39. The van der Waals surface area contributed by atoms with Crippen molar-refractivity contribution in [3.63, 3.8) is 0 Å². The van der Waals surface area contributed by atoms with Gasteiger partial charge in [0.1, 0.15) is 0 Å². The molecular weight excluding hydrogens is 184 g/mol. The van der Waals surface area contributed by atoms with Crippen LogP contribution in [0.5, 0.6) is 0 Å². The van der Waals surface area contributed by atoms with Gasteiger partial charge in [0.05, 0.1) is 0 Å². The first-order valence-electron chi connectivity index (χ1n) is 6.83. The predicted octanol–water partition coefficient (Wildman–Crippen LogP) is 2.30. The van der Waals surface area contributed by atoms with Crippen molar-refractivity contribution in [3.05, 3.63) is 0 Å². The lowest BCUT2D eigenvalue weighted by molar-refractivity contribution is 0.263. The highest BCUT2D eigenvalue weighted by molar-refractivity contribution is 4.81. The van der Waals surface area contributed by atoms with Crippen molar-refractivity contribution in [1.29, 1.82) is 0 Å². The highest BCUT2D eigenvalue weighted by Crippen LogP contribution is 2.23. The summed E-state index contributed by atoms with van der Waals surface area (Å²) in [7, 11) is 0. The lowest BCUT2D eigenvalue weighted by Crippen LogP contribution is -2.47. The number of hydrogen-bond acceptors (Lipinski definition) is 2. The molecule has 2 aliphatic rings. The fraction of sp³-hybridized carbons (Fsp3) is 1.00. The summed E-state index contributed by atoms with van der Waals surface area (Å²) in [6.07, 6.45) is 9.86. The Kier molecular flexibility index (Phi) is 4.45. The monoisotopic (exact) mass is 210 g/mol. The topological polar surface area (TPSA) is 24.1 Å². The van der Waals surface area contributed by atoms with Gasteiger partial charge in [-0.1, -0.05) is 26.2 Å². The van der Waals surface area contributed by atoms with Crippen LogP contribution in [0.1, 0.15) is 51.9 Å². The maximum atomic E-state index is 3.78. The predicted molar refractivity (Wildman–Crippen MR) is 65.1 cm³/mol. The van der Waals surface area contributed by atoms with Gasteiger partial charge in [-0.25, -0.2) is 0 Å². The van der Waals surface area contributed by atoms with Crippen LogP contribution in [0.3, 0.4) is 0 Å². The molecule has 1 saturated heterocycles. The molecule has 1 aliphatic heterocycles. The van der Waals surface area contributed by atoms with E-state index >= 15 is 0 Å². The van der Waals surface area contributed by atoms with Crippen LogP contribution in [0.25, 0.3) is 0 Å². The normalized spacial score (nSPS) is 37.8. The summed E-state index contributed by atoms with van der Waals surface area (Å²) in [5.41, 5.74) is 0. The van der Waals surface area contributed by atoms with Crippen molar-refractivity contribution in [3.8, 4) is 0 Å². The molecule has 0 aromatic carbocycles. The molecule has 3 unspecified atom stereocenters. The second-order valence-corrected chi connectivity index (χ2v) is 5.42. The highest BCUT2D eigenvalue weighted by atomic mass is 15.0. The first-order chi connectivity index (χ1) is 7.36. The molecule has 0 amide bonds. The smallest absolute Gasteiger partial charge is 0.0192 e. The van der Waals surface area contributed by atoms with Gasteiger partial charge in [0.2, 0.25) is 0 Å². The van der Waals surface area contributed by atoms with Crippen LogP contribution in [0.4, 0.5) is 0 Å². The van der Waals surface area contributed by atoms with E-state index in [1.54, 1.807) is 0 Å². The zero-order valence-corrected chi connectivity index (χ0v) is 10.1. The van der Waals surface area contributed by atoms with E-state index < -0.39 is 0 Å². The minimum Gasteiger partial charge on any atom is -0.313 e.